The monoisotopic (exact) mass is 818 g/mol. The molecule has 0 saturated carbocycles. The molecule has 2 aromatic rings. The predicted molar refractivity (Wildman–Crippen MR) is 214 cm³/mol. The van der Waals surface area contributed by atoms with Gasteiger partial charge in [0.25, 0.3) is 0 Å². The maximum absolute atomic E-state index is 10.6. The van der Waals surface area contributed by atoms with Crippen LogP contribution in [0.3, 0.4) is 0 Å². The Balaban J connectivity index is 0.000000515. The largest absolute Gasteiger partial charge is 0.507 e. The summed E-state index contributed by atoms with van der Waals surface area (Å²) < 4.78 is 0. The molecule has 2 aromatic carbocycles. The van der Waals surface area contributed by atoms with Crippen molar-refractivity contribution in [2.45, 2.75) is 52.8 Å². The first-order chi connectivity index (χ1) is 24.1. The van der Waals surface area contributed by atoms with Gasteiger partial charge in [-0.15, -0.1) is 0 Å². The van der Waals surface area contributed by atoms with Crippen LogP contribution in [0.4, 0.5) is 0 Å². The van der Waals surface area contributed by atoms with Crippen molar-refractivity contribution in [3.05, 3.63) is 57.6 Å². The Kier molecular flexibility index (Phi) is 28.8. The van der Waals surface area contributed by atoms with E-state index in [9.17, 15) is 25.5 Å². The molecule has 2 rings (SSSR count). The van der Waals surface area contributed by atoms with Crippen molar-refractivity contribution >= 4 is 70.6 Å². The fourth-order valence-corrected chi connectivity index (χ4v) is 8.97. The minimum absolute atomic E-state index is 0.136. The lowest BCUT2D eigenvalue weighted by Gasteiger charge is -2.15. The van der Waals surface area contributed by atoms with Gasteiger partial charge in [-0.25, -0.2) is 0 Å². The van der Waals surface area contributed by atoms with Crippen molar-refractivity contribution in [1.82, 2.24) is 0 Å². The van der Waals surface area contributed by atoms with E-state index in [-0.39, 0.29) is 45.4 Å². The fourth-order valence-electron chi connectivity index (χ4n) is 4.10. The van der Waals surface area contributed by atoms with Crippen LogP contribution in [-0.2, 0) is 34.5 Å². The van der Waals surface area contributed by atoms with Gasteiger partial charge < -0.3 is 56.2 Å². The molecule has 11 N–H and O–H groups in total. The predicted octanol–water partition coefficient (Wildman–Crippen LogP) is 2.22. The third-order valence-electron chi connectivity index (χ3n) is 6.49. The fraction of sp³-hybridized carbons (Fsp3) is 0.636. The zero-order chi connectivity index (χ0) is 37.1. The van der Waals surface area contributed by atoms with Gasteiger partial charge in [0.05, 0.1) is 58.0 Å². The van der Waals surface area contributed by atoms with Gasteiger partial charge in [0.2, 0.25) is 0 Å². The van der Waals surface area contributed by atoms with Gasteiger partial charge in [-0.1, -0.05) is 24.3 Å². The molecule has 17 heteroatoms. The van der Waals surface area contributed by atoms with E-state index in [1.165, 1.54) is 35.3 Å². The van der Waals surface area contributed by atoms with E-state index in [0.717, 1.165) is 28.0 Å². The number of rotatable bonds is 27. The first-order valence-corrected chi connectivity index (χ1v) is 22.9. The van der Waals surface area contributed by atoms with Gasteiger partial charge in [0, 0.05) is 91.3 Å². The lowest BCUT2D eigenvalue weighted by molar-refractivity contribution is 0.113. The van der Waals surface area contributed by atoms with Crippen LogP contribution in [0.15, 0.2) is 24.3 Å². The molecule has 0 radical (unpaired) electrons. The van der Waals surface area contributed by atoms with E-state index < -0.39 is 18.3 Å². The second-order valence-electron chi connectivity index (χ2n) is 10.9. The molecule has 0 fully saturated rings. The maximum Gasteiger partial charge on any atom is 0.123 e. The van der Waals surface area contributed by atoms with E-state index in [1.807, 2.05) is 24.3 Å². The molecule has 3 atom stereocenters. The molecular weight excluding hydrogens is 765 g/mol. The summed E-state index contributed by atoms with van der Waals surface area (Å²) in [6.07, 6.45) is -2.38. The SMILES string of the molecule is OCC(O)CSCc1cc(CSCC(O)CO)c(O)c(CSCC(O)CO)c1.OCCSCc1cc(CSCCO)c(O)c(CSCCO)c1. The highest BCUT2D eigenvalue weighted by molar-refractivity contribution is 7.99. The summed E-state index contributed by atoms with van der Waals surface area (Å²) >= 11 is 9.13. The van der Waals surface area contributed by atoms with E-state index in [1.54, 1.807) is 35.3 Å². The van der Waals surface area contributed by atoms with Crippen molar-refractivity contribution in [3.8, 4) is 11.5 Å². The molecular formula is C33H54O11S6. The molecule has 11 nitrogen and oxygen atoms in total. The molecule has 0 aliphatic rings. The maximum atomic E-state index is 10.6. The summed E-state index contributed by atoms with van der Waals surface area (Å²) in [5.41, 5.74) is 5.31. The highest BCUT2D eigenvalue weighted by Crippen LogP contribution is 2.34. The van der Waals surface area contributed by atoms with E-state index in [0.29, 0.717) is 80.2 Å². The minimum atomic E-state index is -0.805. The number of hydrogen-bond acceptors (Lipinski definition) is 17. The van der Waals surface area contributed by atoms with Crippen LogP contribution in [0.1, 0.15) is 33.4 Å². The molecule has 0 bridgehead atoms. The molecule has 0 spiro atoms. The van der Waals surface area contributed by atoms with Gasteiger partial charge in [-0.2, -0.15) is 70.6 Å². The summed E-state index contributed by atoms with van der Waals surface area (Å²) in [6.45, 7) is -0.461. The van der Waals surface area contributed by atoms with E-state index in [4.69, 9.17) is 30.6 Å². The molecule has 0 aliphatic heterocycles. The van der Waals surface area contributed by atoms with Crippen molar-refractivity contribution in [1.29, 1.82) is 0 Å². The summed E-state index contributed by atoms with van der Waals surface area (Å²) in [7, 11) is 0. The zero-order valence-electron chi connectivity index (χ0n) is 28.1. The van der Waals surface area contributed by atoms with Gasteiger partial charge in [-0.3, -0.25) is 0 Å². The van der Waals surface area contributed by atoms with Crippen LogP contribution in [0.25, 0.3) is 0 Å². The van der Waals surface area contributed by atoms with Crippen molar-refractivity contribution in [2.75, 3.05) is 74.2 Å². The first kappa shape index (κ1) is 47.8. The van der Waals surface area contributed by atoms with Gasteiger partial charge in [0.15, 0.2) is 0 Å². The molecule has 0 aliphatic carbocycles. The topological polar surface area (TPSA) is 223 Å². The van der Waals surface area contributed by atoms with Crippen molar-refractivity contribution in [2.24, 2.45) is 0 Å². The highest BCUT2D eigenvalue weighted by Gasteiger charge is 2.14. The normalized spacial score (nSPS) is 13.1. The Morgan fingerprint density at radius 2 is 0.660 bits per heavy atom. The van der Waals surface area contributed by atoms with E-state index in [2.05, 4.69) is 0 Å². The number of phenolic OH excluding ortho intramolecular Hbond substituents is 2. The van der Waals surface area contributed by atoms with Gasteiger partial charge in [0.1, 0.15) is 11.5 Å². The summed E-state index contributed by atoms with van der Waals surface area (Å²) in [5.74, 6) is 7.28. The number of aliphatic hydroxyl groups is 9. The lowest BCUT2D eigenvalue weighted by Crippen LogP contribution is -2.15. The van der Waals surface area contributed by atoms with Crippen LogP contribution in [0, 0.1) is 0 Å². The number of thioether (sulfide) groups is 6. The van der Waals surface area contributed by atoms with Crippen LogP contribution >= 0.6 is 70.6 Å². The first-order valence-electron chi connectivity index (χ1n) is 16.0. The quantitative estimate of drug-likeness (QED) is 0.0582. The van der Waals surface area contributed by atoms with Crippen LogP contribution < -0.4 is 0 Å². The summed E-state index contributed by atoms with van der Waals surface area (Å²) in [5, 5.41) is 103. The molecule has 3 unspecified atom stereocenters. The average Bonchev–Trinajstić information content (AvgIpc) is 3.11. The lowest BCUT2D eigenvalue weighted by atomic mass is 10.1. The molecule has 0 aromatic heterocycles. The Hall–Kier alpha value is -0.220. The van der Waals surface area contributed by atoms with Gasteiger partial charge >= 0.3 is 0 Å². The summed E-state index contributed by atoms with van der Waals surface area (Å²) in [6, 6.07) is 7.76. The van der Waals surface area contributed by atoms with Gasteiger partial charge in [-0.05, 0) is 11.1 Å². The highest BCUT2D eigenvalue weighted by atomic mass is 32.2. The Morgan fingerprint density at radius 3 is 0.960 bits per heavy atom. The zero-order valence-corrected chi connectivity index (χ0v) is 33.0. The number of aliphatic hydroxyl groups excluding tert-OH is 9. The molecule has 0 heterocycles. The Labute approximate surface area is 321 Å². The van der Waals surface area contributed by atoms with Crippen molar-refractivity contribution < 1.29 is 56.2 Å². The van der Waals surface area contributed by atoms with Crippen molar-refractivity contribution in [3.63, 3.8) is 0 Å². The molecule has 0 saturated heterocycles. The second kappa shape index (κ2) is 30.1. The van der Waals surface area contributed by atoms with Crippen LogP contribution in [-0.4, -0.2) is 149 Å². The Bertz CT molecular complexity index is 1100. The van der Waals surface area contributed by atoms with E-state index >= 15 is 0 Å². The number of aromatic hydroxyl groups is 2. The van der Waals surface area contributed by atoms with Crippen LogP contribution in [0.2, 0.25) is 0 Å². The smallest absolute Gasteiger partial charge is 0.123 e. The minimum Gasteiger partial charge on any atom is -0.507 e. The van der Waals surface area contributed by atoms with Crippen LogP contribution in [0.5, 0.6) is 11.5 Å². The molecule has 50 heavy (non-hydrogen) atoms. The second-order valence-corrected chi connectivity index (χ2v) is 17.3. The molecule has 0 amide bonds. The number of hydrogen-bond donors (Lipinski definition) is 11. The average molecular weight is 819 g/mol. The summed E-state index contributed by atoms with van der Waals surface area (Å²) in [4.78, 5) is 0. The third-order valence-corrected chi connectivity index (χ3v) is 12.9. The molecule has 288 valence electrons. The third kappa shape index (κ3) is 20.9. The Morgan fingerprint density at radius 1 is 0.400 bits per heavy atom. The number of benzene rings is 2. The number of phenols is 2. The standard InChI is InChI=1S/C18H30O7S3.C15H24O4S3/c19-3-15(22)9-26-6-12-1-13(7-27-10-16(23)4-20)18(25)14(2-12)8-28-11-17(24)5-21;16-1-4-20-9-12-7-13(10-21-5-2-17)15(19)14(8-12)11-22-6-3-18/h1-2,15-17,19-25H,3-11H2;7-8,16-19H,1-6,9-11H2.